The highest BCUT2D eigenvalue weighted by atomic mass is 15.1. The molecule has 0 amide bonds. The Hall–Kier alpha value is -7.10. The van der Waals surface area contributed by atoms with Crippen LogP contribution in [0, 0.1) is 0 Å². The van der Waals surface area contributed by atoms with E-state index in [-0.39, 0.29) is 0 Å². The van der Waals surface area contributed by atoms with Gasteiger partial charge in [0.05, 0.1) is 22.1 Å². The lowest BCUT2D eigenvalue weighted by Crippen LogP contribution is -2.10. The molecule has 0 saturated heterocycles. The second kappa shape index (κ2) is 11.7. The molecule has 3 heteroatoms. The van der Waals surface area contributed by atoms with Gasteiger partial charge < -0.3 is 4.90 Å². The summed E-state index contributed by atoms with van der Waals surface area (Å²) in [5.41, 5.74) is 16.7. The number of rotatable bonds is 6. The van der Waals surface area contributed by atoms with Crippen molar-refractivity contribution in [1.29, 1.82) is 0 Å². The van der Waals surface area contributed by atoms with E-state index in [0.29, 0.717) is 0 Å². The van der Waals surface area contributed by atoms with Crippen LogP contribution in [0.25, 0.3) is 77.3 Å². The highest BCUT2D eigenvalue weighted by Crippen LogP contribution is 2.45. The van der Waals surface area contributed by atoms with E-state index >= 15 is 0 Å². The molecule has 3 heterocycles. The maximum Gasteiger partial charge on any atom is 0.131 e. The van der Waals surface area contributed by atoms with Gasteiger partial charge in [-0.3, -0.25) is 8.80 Å². The van der Waals surface area contributed by atoms with Crippen molar-refractivity contribution in [2.75, 3.05) is 4.90 Å². The molecule has 0 atom stereocenters. The van der Waals surface area contributed by atoms with E-state index in [1.165, 1.54) is 77.3 Å². The van der Waals surface area contributed by atoms with Crippen molar-refractivity contribution in [2.24, 2.45) is 0 Å². The first-order chi connectivity index (χ1) is 26.3. The van der Waals surface area contributed by atoms with Crippen LogP contribution < -0.4 is 4.90 Å². The third-order valence-corrected chi connectivity index (χ3v) is 10.8. The molecule has 0 spiro atoms. The molecule has 8 aromatic carbocycles. The van der Waals surface area contributed by atoms with E-state index in [1.807, 2.05) is 0 Å². The van der Waals surface area contributed by atoms with E-state index in [0.717, 1.165) is 17.1 Å². The molecule has 53 heavy (non-hydrogen) atoms. The van der Waals surface area contributed by atoms with Crippen LogP contribution in [0.5, 0.6) is 0 Å². The zero-order valence-corrected chi connectivity index (χ0v) is 28.9. The van der Waals surface area contributed by atoms with Gasteiger partial charge in [0.1, 0.15) is 5.65 Å². The van der Waals surface area contributed by atoms with Crippen molar-refractivity contribution < 1.29 is 0 Å². The summed E-state index contributed by atoms with van der Waals surface area (Å²) >= 11 is 0. The highest BCUT2D eigenvalue weighted by molar-refractivity contribution is 6.27. The standard InChI is InChI=1S/C50H33N3/c1-3-13-34(14-4-1)36-25-29-39(30-26-36)51(40-31-27-37(28-32-40)35-15-5-2-6-16-35)41-18-11-17-38(33-41)42-20-12-24-47-48(42)49-43-19-7-8-21-44(43)52-45-22-9-10-23-46(45)53(47)50(49)52/h1-33H. The van der Waals surface area contributed by atoms with Crippen molar-refractivity contribution in [1.82, 2.24) is 8.80 Å². The second-order valence-corrected chi connectivity index (χ2v) is 13.8. The van der Waals surface area contributed by atoms with Crippen molar-refractivity contribution in [3.05, 3.63) is 200 Å². The first-order valence-electron chi connectivity index (χ1n) is 18.2. The number of hydrogen-bond acceptors (Lipinski definition) is 1. The number of imidazole rings is 1. The van der Waals surface area contributed by atoms with Crippen LogP contribution in [0.3, 0.4) is 0 Å². The molecule has 248 valence electrons. The summed E-state index contributed by atoms with van der Waals surface area (Å²) in [7, 11) is 0. The Morgan fingerprint density at radius 1 is 0.302 bits per heavy atom. The fraction of sp³-hybridized carbons (Fsp3) is 0. The molecule has 0 saturated carbocycles. The largest absolute Gasteiger partial charge is 0.310 e. The van der Waals surface area contributed by atoms with Crippen LogP contribution in [0.1, 0.15) is 0 Å². The smallest absolute Gasteiger partial charge is 0.131 e. The van der Waals surface area contributed by atoms with E-state index in [2.05, 4.69) is 214 Å². The van der Waals surface area contributed by atoms with Gasteiger partial charge in [0.15, 0.2) is 0 Å². The van der Waals surface area contributed by atoms with E-state index in [1.54, 1.807) is 0 Å². The minimum Gasteiger partial charge on any atom is -0.310 e. The topological polar surface area (TPSA) is 12.1 Å². The van der Waals surface area contributed by atoms with Crippen LogP contribution in [0.4, 0.5) is 17.1 Å². The predicted molar refractivity (Wildman–Crippen MR) is 223 cm³/mol. The van der Waals surface area contributed by atoms with Gasteiger partial charge in [-0.25, -0.2) is 0 Å². The maximum atomic E-state index is 2.46. The first kappa shape index (κ1) is 29.6. The number of anilines is 3. The molecule has 0 aliphatic carbocycles. The number of nitrogens with zero attached hydrogens (tertiary/aromatic N) is 3. The third kappa shape index (κ3) is 4.54. The van der Waals surface area contributed by atoms with Gasteiger partial charge in [-0.2, -0.15) is 0 Å². The van der Waals surface area contributed by atoms with Gasteiger partial charge in [0.25, 0.3) is 0 Å². The van der Waals surface area contributed by atoms with Gasteiger partial charge in [-0.05, 0) is 94.0 Å². The number of fused-ring (bicyclic) bond motifs is 9. The number of aromatic nitrogens is 2. The van der Waals surface area contributed by atoms with E-state index < -0.39 is 0 Å². The summed E-state index contributed by atoms with van der Waals surface area (Å²) in [6.45, 7) is 0. The molecule has 0 aliphatic heterocycles. The maximum absolute atomic E-state index is 2.46. The minimum absolute atomic E-state index is 1.11. The second-order valence-electron chi connectivity index (χ2n) is 13.8. The molecule has 0 radical (unpaired) electrons. The Bertz CT molecular complexity index is 2990. The Kier molecular flexibility index (Phi) is 6.55. The van der Waals surface area contributed by atoms with Crippen molar-refractivity contribution in [3.8, 4) is 33.4 Å². The van der Waals surface area contributed by atoms with E-state index in [4.69, 9.17) is 0 Å². The van der Waals surface area contributed by atoms with Gasteiger partial charge in [-0.15, -0.1) is 0 Å². The quantitative estimate of drug-likeness (QED) is 0.171. The van der Waals surface area contributed by atoms with Gasteiger partial charge in [-0.1, -0.05) is 140 Å². The molecule has 3 nitrogen and oxygen atoms in total. The summed E-state index contributed by atoms with van der Waals surface area (Å²) in [4.78, 5) is 2.37. The fourth-order valence-electron chi connectivity index (χ4n) is 8.49. The minimum atomic E-state index is 1.11. The molecule has 3 aromatic heterocycles. The normalized spacial score (nSPS) is 11.8. The monoisotopic (exact) mass is 675 g/mol. The molecule has 11 rings (SSSR count). The predicted octanol–water partition coefficient (Wildman–Crippen LogP) is 13.6. The zero-order chi connectivity index (χ0) is 34.9. The Balaban J connectivity index is 1.11. The molecular formula is C50H33N3. The van der Waals surface area contributed by atoms with Crippen molar-refractivity contribution in [2.45, 2.75) is 0 Å². The highest BCUT2D eigenvalue weighted by Gasteiger charge is 2.24. The van der Waals surface area contributed by atoms with Crippen molar-refractivity contribution >= 4 is 60.9 Å². The Labute approximate surface area is 307 Å². The molecule has 0 bridgehead atoms. The average Bonchev–Trinajstić information content (AvgIpc) is 3.87. The summed E-state index contributed by atoms with van der Waals surface area (Å²) < 4.78 is 4.91. The lowest BCUT2D eigenvalue weighted by Gasteiger charge is -2.26. The van der Waals surface area contributed by atoms with Crippen LogP contribution in [-0.2, 0) is 0 Å². The summed E-state index contributed by atoms with van der Waals surface area (Å²) in [6.07, 6.45) is 0. The van der Waals surface area contributed by atoms with Crippen LogP contribution in [-0.4, -0.2) is 8.80 Å². The van der Waals surface area contributed by atoms with Crippen LogP contribution in [0.15, 0.2) is 200 Å². The molecule has 0 unspecified atom stereocenters. The molecule has 11 aromatic rings. The lowest BCUT2D eigenvalue weighted by molar-refractivity contribution is 1.28. The van der Waals surface area contributed by atoms with Crippen LogP contribution in [0.2, 0.25) is 0 Å². The summed E-state index contributed by atoms with van der Waals surface area (Å²) in [6, 6.07) is 72.5. The lowest BCUT2D eigenvalue weighted by atomic mass is 9.98. The number of hydrogen-bond donors (Lipinski definition) is 0. The zero-order valence-electron chi connectivity index (χ0n) is 28.9. The average molecular weight is 676 g/mol. The number of benzene rings is 8. The fourth-order valence-corrected chi connectivity index (χ4v) is 8.49. The Morgan fingerprint density at radius 2 is 0.774 bits per heavy atom. The number of para-hydroxylation sites is 3. The molecule has 0 aliphatic rings. The summed E-state index contributed by atoms with van der Waals surface area (Å²) in [5.74, 6) is 0. The van der Waals surface area contributed by atoms with Crippen molar-refractivity contribution in [3.63, 3.8) is 0 Å². The third-order valence-electron chi connectivity index (χ3n) is 10.8. The SMILES string of the molecule is c1ccc(-c2ccc(N(c3ccc(-c4ccccc4)cc3)c3cccc(-c4cccc5c4c4c6ccccc6n6c7ccccc7n5c46)c3)cc2)cc1. The van der Waals surface area contributed by atoms with Gasteiger partial charge >= 0.3 is 0 Å². The first-order valence-corrected chi connectivity index (χ1v) is 18.2. The molecular weight excluding hydrogens is 643 g/mol. The molecule has 0 N–H and O–H groups in total. The van der Waals surface area contributed by atoms with Gasteiger partial charge in [0.2, 0.25) is 0 Å². The van der Waals surface area contributed by atoms with Crippen LogP contribution >= 0.6 is 0 Å². The van der Waals surface area contributed by atoms with E-state index in [9.17, 15) is 0 Å². The summed E-state index contributed by atoms with van der Waals surface area (Å²) in [5, 5.41) is 3.87. The van der Waals surface area contributed by atoms with Gasteiger partial charge in [0, 0.05) is 33.2 Å². The Morgan fingerprint density at radius 3 is 1.40 bits per heavy atom. The molecule has 0 fully saturated rings.